The van der Waals surface area contributed by atoms with Crippen LogP contribution in [0.25, 0.3) is 86.9 Å². The van der Waals surface area contributed by atoms with Crippen LogP contribution in [0.1, 0.15) is 0 Å². The summed E-state index contributed by atoms with van der Waals surface area (Å²) in [4.78, 5) is 0. The van der Waals surface area contributed by atoms with Gasteiger partial charge in [-0.2, -0.15) is 0 Å². The number of benzene rings is 9. The Kier molecular flexibility index (Phi) is 5.00. The van der Waals surface area contributed by atoms with Crippen LogP contribution < -0.4 is 0 Å². The highest BCUT2D eigenvalue weighted by atomic mass is 14.2. The van der Waals surface area contributed by atoms with Crippen LogP contribution in [-0.2, 0) is 0 Å². The third-order valence-corrected chi connectivity index (χ3v) is 8.99. The minimum absolute atomic E-state index is 1.23. The Morgan fingerprint density at radius 3 is 1.26 bits per heavy atom. The van der Waals surface area contributed by atoms with Gasteiger partial charge in [0.2, 0.25) is 0 Å². The van der Waals surface area contributed by atoms with Crippen molar-refractivity contribution in [2.75, 3.05) is 0 Å². The molecule has 0 heterocycles. The predicted octanol–water partition coefficient (Wildman–Crippen LogP) is 11.9. The van der Waals surface area contributed by atoms with Crippen LogP contribution in [0.3, 0.4) is 0 Å². The summed E-state index contributed by atoms with van der Waals surface area (Å²) in [6.07, 6.45) is 0. The summed E-state index contributed by atoms with van der Waals surface area (Å²) >= 11 is 0. The van der Waals surface area contributed by atoms with E-state index in [0.717, 1.165) is 0 Å². The SMILES string of the molecule is c1cc(-c2ccc3ccccc3c2)cc(-c2ccc3c4ccccc4c4c5ccccc5c5ccccc5c4c3c2)c1. The van der Waals surface area contributed by atoms with E-state index in [1.54, 1.807) is 0 Å². The van der Waals surface area contributed by atoms with E-state index >= 15 is 0 Å². The summed E-state index contributed by atoms with van der Waals surface area (Å²) in [6.45, 7) is 0. The molecule has 0 heteroatoms. The zero-order valence-corrected chi connectivity index (χ0v) is 23.0. The van der Waals surface area contributed by atoms with Crippen molar-refractivity contribution in [1.82, 2.24) is 0 Å². The highest BCUT2D eigenvalue weighted by Crippen LogP contribution is 2.44. The lowest BCUT2D eigenvalue weighted by atomic mass is 9.86. The van der Waals surface area contributed by atoms with Crippen molar-refractivity contribution < 1.29 is 0 Å². The lowest BCUT2D eigenvalue weighted by molar-refractivity contribution is 1.62. The van der Waals surface area contributed by atoms with Gasteiger partial charge in [0.1, 0.15) is 0 Å². The van der Waals surface area contributed by atoms with Crippen LogP contribution in [0.4, 0.5) is 0 Å². The van der Waals surface area contributed by atoms with Crippen molar-refractivity contribution in [1.29, 1.82) is 0 Å². The monoisotopic (exact) mass is 530 g/mol. The van der Waals surface area contributed by atoms with E-state index in [0.29, 0.717) is 0 Å². The molecule has 0 aromatic heterocycles. The van der Waals surface area contributed by atoms with Crippen molar-refractivity contribution >= 4 is 64.6 Å². The van der Waals surface area contributed by atoms with Crippen LogP contribution in [0.2, 0.25) is 0 Å². The summed E-state index contributed by atoms with van der Waals surface area (Å²) in [5.74, 6) is 0. The highest BCUT2D eigenvalue weighted by Gasteiger charge is 2.16. The Labute approximate surface area is 244 Å². The molecule has 0 spiro atoms. The van der Waals surface area contributed by atoms with Crippen LogP contribution >= 0.6 is 0 Å². The largest absolute Gasteiger partial charge is 0.0616 e. The third kappa shape index (κ3) is 3.42. The van der Waals surface area contributed by atoms with E-state index in [2.05, 4.69) is 158 Å². The maximum atomic E-state index is 2.42. The summed E-state index contributed by atoms with van der Waals surface area (Å²) in [7, 11) is 0. The first-order valence-corrected chi connectivity index (χ1v) is 14.6. The first kappa shape index (κ1) is 23.3. The van der Waals surface area contributed by atoms with E-state index in [1.807, 2.05) is 0 Å². The van der Waals surface area contributed by atoms with Crippen LogP contribution in [0, 0.1) is 0 Å². The number of hydrogen-bond acceptors (Lipinski definition) is 0. The van der Waals surface area contributed by atoms with Gasteiger partial charge in [0.05, 0.1) is 0 Å². The van der Waals surface area contributed by atoms with E-state index < -0.39 is 0 Å². The molecule has 0 atom stereocenters. The molecule has 9 rings (SSSR count). The summed E-state index contributed by atoms with van der Waals surface area (Å²) in [5, 5.41) is 15.7. The second-order valence-corrected chi connectivity index (χ2v) is 11.3. The molecule has 0 fully saturated rings. The Bertz CT molecular complexity index is 2500. The van der Waals surface area contributed by atoms with Gasteiger partial charge in [0.25, 0.3) is 0 Å². The van der Waals surface area contributed by atoms with Crippen LogP contribution in [-0.4, -0.2) is 0 Å². The Hall–Kier alpha value is -5.46. The average Bonchev–Trinajstić information content (AvgIpc) is 3.07. The minimum atomic E-state index is 1.23. The second-order valence-electron chi connectivity index (χ2n) is 11.3. The molecule has 0 unspecified atom stereocenters. The molecule has 0 saturated carbocycles. The fourth-order valence-corrected chi connectivity index (χ4v) is 7.05. The second kappa shape index (κ2) is 9.03. The summed E-state index contributed by atoms with van der Waals surface area (Å²) < 4.78 is 0. The molecule has 9 aromatic carbocycles. The molecule has 0 aliphatic heterocycles. The first-order valence-electron chi connectivity index (χ1n) is 14.6. The van der Waals surface area contributed by atoms with E-state index in [4.69, 9.17) is 0 Å². The smallest absolute Gasteiger partial charge is 0.00137 e. The fourth-order valence-electron chi connectivity index (χ4n) is 7.05. The van der Waals surface area contributed by atoms with Gasteiger partial charge in [-0.25, -0.2) is 0 Å². The van der Waals surface area contributed by atoms with E-state index in [9.17, 15) is 0 Å². The topological polar surface area (TPSA) is 0 Å². The average molecular weight is 531 g/mol. The van der Waals surface area contributed by atoms with Crippen LogP contribution in [0.15, 0.2) is 158 Å². The molecule has 0 nitrogen and oxygen atoms in total. The zero-order chi connectivity index (χ0) is 27.6. The van der Waals surface area contributed by atoms with Crippen molar-refractivity contribution in [3.05, 3.63) is 158 Å². The van der Waals surface area contributed by atoms with E-state index in [1.165, 1.54) is 86.9 Å². The van der Waals surface area contributed by atoms with Gasteiger partial charge in [-0.3, -0.25) is 0 Å². The van der Waals surface area contributed by atoms with Crippen molar-refractivity contribution in [3.8, 4) is 22.3 Å². The lowest BCUT2D eigenvalue weighted by Crippen LogP contribution is -1.89. The standard InChI is InChI=1S/C42H26/c1-2-11-28-24-31(21-20-27(28)10-1)29-12-9-13-30(25-29)32-22-23-36-35-16-5-7-18-38(35)41-37-17-6-3-14-33(37)34-15-4-8-19-39(34)42(41)40(36)26-32/h1-26H. The molecule has 42 heavy (non-hydrogen) atoms. The molecule has 9 aromatic rings. The number of fused-ring (bicyclic) bond motifs is 12. The molecule has 0 radical (unpaired) electrons. The maximum Gasteiger partial charge on any atom is -0.00137 e. The van der Waals surface area contributed by atoms with Gasteiger partial charge < -0.3 is 0 Å². The lowest BCUT2D eigenvalue weighted by Gasteiger charge is -2.17. The quantitative estimate of drug-likeness (QED) is 0.195. The first-order chi connectivity index (χ1) is 20.8. The Balaban J connectivity index is 1.35. The predicted molar refractivity (Wildman–Crippen MR) is 182 cm³/mol. The number of rotatable bonds is 2. The van der Waals surface area contributed by atoms with Gasteiger partial charge in [-0.15, -0.1) is 0 Å². The summed E-state index contributed by atoms with van der Waals surface area (Å²) in [6, 6.07) is 58.1. The molecule has 0 bridgehead atoms. The highest BCUT2D eigenvalue weighted by molar-refractivity contribution is 6.39. The third-order valence-electron chi connectivity index (χ3n) is 8.99. The molecule has 0 saturated heterocycles. The normalized spacial score (nSPS) is 11.8. The van der Waals surface area contributed by atoms with Crippen molar-refractivity contribution in [2.24, 2.45) is 0 Å². The molecule has 0 aliphatic rings. The van der Waals surface area contributed by atoms with Crippen molar-refractivity contribution in [2.45, 2.75) is 0 Å². The molecule has 0 aliphatic carbocycles. The van der Waals surface area contributed by atoms with Crippen molar-refractivity contribution in [3.63, 3.8) is 0 Å². The Morgan fingerprint density at radius 1 is 0.214 bits per heavy atom. The zero-order valence-electron chi connectivity index (χ0n) is 23.0. The minimum Gasteiger partial charge on any atom is -0.0616 e. The van der Waals surface area contributed by atoms with E-state index in [-0.39, 0.29) is 0 Å². The van der Waals surface area contributed by atoms with Gasteiger partial charge in [-0.05, 0) is 105 Å². The fraction of sp³-hybridized carbons (Fsp3) is 0. The molecule has 194 valence electrons. The molecular formula is C42H26. The van der Waals surface area contributed by atoms with Gasteiger partial charge >= 0.3 is 0 Å². The van der Waals surface area contributed by atoms with Crippen LogP contribution in [0.5, 0.6) is 0 Å². The number of hydrogen-bond donors (Lipinski definition) is 0. The molecule has 0 N–H and O–H groups in total. The van der Waals surface area contributed by atoms with Gasteiger partial charge in [0, 0.05) is 0 Å². The maximum absolute atomic E-state index is 2.42. The Morgan fingerprint density at radius 2 is 0.643 bits per heavy atom. The van der Waals surface area contributed by atoms with Gasteiger partial charge in [-0.1, -0.05) is 140 Å². The molecular weight excluding hydrogens is 504 g/mol. The molecule has 0 amide bonds. The van der Waals surface area contributed by atoms with Gasteiger partial charge in [0.15, 0.2) is 0 Å². The summed E-state index contributed by atoms with van der Waals surface area (Å²) in [5.41, 5.74) is 4.94.